The van der Waals surface area contributed by atoms with E-state index in [4.69, 9.17) is 4.99 Å². The number of aromatic nitrogens is 2. The van der Waals surface area contributed by atoms with Crippen molar-refractivity contribution in [3.05, 3.63) is 108 Å². The molecule has 7 nitrogen and oxygen atoms in total. The Labute approximate surface area is 201 Å². The Hall–Kier alpha value is -4.59. The van der Waals surface area contributed by atoms with Gasteiger partial charge in [0.1, 0.15) is 18.3 Å². The monoisotopic (exact) mass is 467 g/mol. The third kappa shape index (κ3) is 4.59. The lowest BCUT2D eigenvalue weighted by atomic mass is 9.90. The van der Waals surface area contributed by atoms with Crippen LogP contribution in [0.3, 0.4) is 0 Å². The van der Waals surface area contributed by atoms with Gasteiger partial charge in [-0.25, -0.2) is 9.37 Å². The maximum Gasteiger partial charge on any atom is 0.246 e. The average Bonchev–Trinajstić information content (AvgIpc) is 3.49. The largest absolute Gasteiger partial charge is 0.328 e. The molecule has 2 heterocycles. The molecule has 4 aromatic rings. The smallest absolute Gasteiger partial charge is 0.246 e. The molecule has 0 spiro atoms. The first-order valence-corrected chi connectivity index (χ1v) is 11.1. The van der Waals surface area contributed by atoms with Gasteiger partial charge >= 0.3 is 0 Å². The van der Waals surface area contributed by atoms with Gasteiger partial charge in [-0.1, -0.05) is 36.4 Å². The molecule has 1 unspecified atom stereocenters. The SMILES string of the molecule is CN(C(=O)Cn1ccnc1)c1ccc(N=C(c2ccccc2)C2C(=O)Nc3cc(F)ccc32)cc1. The van der Waals surface area contributed by atoms with Crippen LogP contribution >= 0.6 is 0 Å². The summed E-state index contributed by atoms with van der Waals surface area (Å²) in [5.74, 6) is -1.43. The maximum absolute atomic E-state index is 13.7. The number of fused-ring (bicyclic) bond motifs is 1. The van der Waals surface area contributed by atoms with E-state index in [-0.39, 0.29) is 18.4 Å². The summed E-state index contributed by atoms with van der Waals surface area (Å²) in [4.78, 5) is 35.9. The molecule has 0 aliphatic carbocycles. The number of imidazole rings is 1. The van der Waals surface area contributed by atoms with Gasteiger partial charge in [0.05, 0.1) is 17.7 Å². The summed E-state index contributed by atoms with van der Waals surface area (Å²) in [6.07, 6.45) is 4.96. The average molecular weight is 468 g/mol. The molecular weight excluding hydrogens is 445 g/mol. The number of amides is 2. The van der Waals surface area contributed by atoms with Gasteiger partial charge in [-0.3, -0.25) is 14.6 Å². The second-order valence-electron chi connectivity index (χ2n) is 8.22. The van der Waals surface area contributed by atoms with Gasteiger partial charge in [0.2, 0.25) is 11.8 Å². The standard InChI is InChI=1S/C27H22FN5O2/c1-32(24(34)16-33-14-13-29-17-33)21-10-8-20(9-11-21)30-26(18-5-3-2-4-6-18)25-22-12-7-19(28)15-23(22)31-27(25)35/h2-15,17,25H,16H2,1H3,(H,31,35). The highest BCUT2D eigenvalue weighted by Gasteiger charge is 2.35. The third-order valence-corrected chi connectivity index (χ3v) is 5.93. The highest BCUT2D eigenvalue weighted by Crippen LogP contribution is 2.36. The van der Waals surface area contributed by atoms with Crippen molar-refractivity contribution in [2.45, 2.75) is 12.5 Å². The summed E-state index contributed by atoms with van der Waals surface area (Å²) < 4.78 is 15.4. The van der Waals surface area contributed by atoms with Crippen LogP contribution in [-0.4, -0.2) is 34.1 Å². The van der Waals surface area contributed by atoms with E-state index >= 15 is 0 Å². The number of anilines is 2. The van der Waals surface area contributed by atoms with E-state index < -0.39 is 11.7 Å². The first kappa shape index (κ1) is 22.2. The van der Waals surface area contributed by atoms with Gasteiger partial charge in [-0.15, -0.1) is 0 Å². The molecule has 0 bridgehead atoms. The lowest BCUT2D eigenvalue weighted by Gasteiger charge is -2.18. The Morgan fingerprint density at radius 2 is 1.89 bits per heavy atom. The molecule has 35 heavy (non-hydrogen) atoms. The van der Waals surface area contributed by atoms with Crippen LogP contribution in [0.25, 0.3) is 0 Å². The van der Waals surface area contributed by atoms with E-state index in [1.807, 2.05) is 42.5 Å². The molecule has 1 aromatic heterocycles. The van der Waals surface area contributed by atoms with Crippen LogP contribution < -0.4 is 10.2 Å². The zero-order valence-corrected chi connectivity index (χ0v) is 18.9. The van der Waals surface area contributed by atoms with Crippen molar-refractivity contribution in [1.82, 2.24) is 9.55 Å². The Morgan fingerprint density at radius 3 is 2.60 bits per heavy atom. The molecule has 0 saturated carbocycles. The molecular formula is C27H22FN5O2. The minimum atomic E-state index is -0.674. The van der Waals surface area contributed by atoms with Crippen LogP contribution in [0.2, 0.25) is 0 Å². The number of aliphatic imine (C=N–C) groups is 1. The van der Waals surface area contributed by atoms with Crippen molar-refractivity contribution >= 4 is 34.6 Å². The quantitative estimate of drug-likeness (QED) is 0.423. The van der Waals surface area contributed by atoms with Crippen LogP contribution in [0, 0.1) is 5.82 Å². The van der Waals surface area contributed by atoms with Gasteiger partial charge in [0.25, 0.3) is 0 Å². The van der Waals surface area contributed by atoms with E-state index in [2.05, 4.69) is 10.3 Å². The van der Waals surface area contributed by atoms with Crippen molar-refractivity contribution in [2.24, 2.45) is 4.99 Å². The van der Waals surface area contributed by atoms with E-state index in [0.29, 0.717) is 22.6 Å². The summed E-state index contributed by atoms with van der Waals surface area (Å²) in [6.45, 7) is 0.186. The molecule has 1 aliphatic rings. The topological polar surface area (TPSA) is 79.6 Å². The van der Waals surface area contributed by atoms with Crippen molar-refractivity contribution in [1.29, 1.82) is 0 Å². The number of carbonyl (C=O) groups is 2. The minimum absolute atomic E-state index is 0.0873. The first-order valence-electron chi connectivity index (χ1n) is 11.1. The molecule has 3 aromatic carbocycles. The van der Waals surface area contributed by atoms with Crippen molar-refractivity contribution in [3.63, 3.8) is 0 Å². The summed E-state index contributed by atoms with van der Waals surface area (Å²) >= 11 is 0. The van der Waals surface area contributed by atoms with Gasteiger partial charge in [0, 0.05) is 30.8 Å². The number of likely N-dealkylation sites (N-methyl/N-ethyl adjacent to an activating group) is 1. The Morgan fingerprint density at radius 1 is 1.11 bits per heavy atom. The Balaban J connectivity index is 1.46. The van der Waals surface area contributed by atoms with Crippen molar-refractivity contribution in [3.8, 4) is 0 Å². The Bertz CT molecular complexity index is 1400. The van der Waals surface area contributed by atoms with Crippen LogP contribution in [0.1, 0.15) is 17.0 Å². The molecule has 0 fully saturated rings. The number of carbonyl (C=O) groups excluding carboxylic acids is 2. The zero-order chi connectivity index (χ0) is 24.4. The molecule has 5 rings (SSSR count). The molecule has 1 N–H and O–H groups in total. The summed E-state index contributed by atoms with van der Waals surface area (Å²) in [6, 6.07) is 21.0. The Kier molecular flexibility index (Phi) is 5.93. The number of nitrogens with one attached hydrogen (secondary N) is 1. The minimum Gasteiger partial charge on any atom is -0.328 e. The van der Waals surface area contributed by atoms with Crippen molar-refractivity contribution < 1.29 is 14.0 Å². The van der Waals surface area contributed by atoms with Crippen LogP contribution in [0.4, 0.5) is 21.5 Å². The number of benzene rings is 3. The number of hydrogen-bond acceptors (Lipinski definition) is 4. The number of nitrogens with zero attached hydrogens (tertiary/aromatic N) is 4. The van der Waals surface area contributed by atoms with E-state index in [0.717, 1.165) is 11.3 Å². The van der Waals surface area contributed by atoms with Gasteiger partial charge < -0.3 is 14.8 Å². The van der Waals surface area contributed by atoms with Crippen LogP contribution in [-0.2, 0) is 16.1 Å². The van der Waals surface area contributed by atoms with Crippen molar-refractivity contribution in [2.75, 3.05) is 17.3 Å². The molecule has 8 heteroatoms. The first-order chi connectivity index (χ1) is 17.0. The second-order valence-corrected chi connectivity index (χ2v) is 8.22. The molecule has 0 radical (unpaired) electrons. The zero-order valence-electron chi connectivity index (χ0n) is 18.9. The number of rotatable bonds is 6. The van der Waals surface area contributed by atoms with E-state index in [1.54, 1.807) is 53.4 Å². The molecule has 1 atom stereocenters. The second kappa shape index (κ2) is 9.34. The molecule has 174 valence electrons. The number of halogens is 1. The summed E-state index contributed by atoms with van der Waals surface area (Å²) in [5, 5.41) is 2.77. The van der Waals surface area contributed by atoms with Gasteiger partial charge in [0.15, 0.2) is 0 Å². The predicted octanol–water partition coefficient (Wildman–Crippen LogP) is 4.54. The van der Waals surface area contributed by atoms with Gasteiger partial charge in [-0.05, 0) is 47.5 Å². The predicted molar refractivity (Wildman–Crippen MR) is 132 cm³/mol. The van der Waals surface area contributed by atoms with E-state index in [1.165, 1.54) is 12.1 Å². The van der Waals surface area contributed by atoms with E-state index in [9.17, 15) is 14.0 Å². The fourth-order valence-electron chi connectivity index (χ4n) is 4.09. The third-order valence-electron chi connectivity index (χ3n) is 5.93. The lowest BCUT2D eigenvalue weighted by Crippen LogP contribution is -2.29. The fourth-order valence-corrected chi connectivity index (χ4v) is 4.09. The van der Waals surface area contributed by atoms with Crippen LogP contribution in [0.5, 0.6) is 0 Å². The van der Waals surface area contributed by atoms with Gasteiger partial charge in [-0.2, -0.15) is 0 Å². The summed E-state index contributed by atoms with van der Waals surface area (Å²) in [7, 11) is 1.71. The number of hydrogen-bond donors (Lipinski definition) is 1. The highest BCUT2D eigenvalue weighted by atomic mass is 19.1. The highest BCUT2D eigenvalue weighted by molar-refractivity contribution is 6.24. The maximum atomic E-state index is 13.7. The molecule has 1 aliphatic heterocycles. The lowest BCUT2D eigenvalue weighted by molar-refractivity contribution is -0.119. The normalized spacial score (nSPS) is 15.0. The molecule has 0 saturated heterocycles. The van der Waals surface area contributed by atoms with Crippen LogP contribution in [0.15, 0.2) is 96.5 Å². The fraction of sp³-hybridized carbons (Fsp3) is 0.111. The summed E-state index contributed by atoms with van der Waals surface area (Å²) in [5.41, 5.74) is 3.84. The molecule has 2 amide bonds.